The van der Waals surface area contributed by atoms with Gasteiger partial charge in [0.05, 0.1) is 4.90 Å². The molecule has 0 spiro atoms. The summed E-state index contributed by atoms with van der Waals surface area (Å²) in [4.78, 5) is 12.7. The Balaban J connectivity index is 2.07. The number of rotatable bonds is 6. The van der Waals surface area contributed by atoms with Crippen LogP contribution in [0, 0.1) is 5.92 Å². The van der Waals surface area contributed by atoms with Crippen molar-refractivity contribution < 1.29 is 13.2 Å². The summed E-state index contributed by atoms with van der Waals surface area (Å²) in [5.74, 6) is -0.358. The van der Waals surface area contributed by atoms with Crippen LogP contribution in [0.1, 0.15) is 46.0 Å². The van der Waals surface area contributed by atoms with E-state index in [1.807, 2.05) is 13.8 Å². The average Bonchev–Trinajstić information content (AvgIpc) is 2.54. The fourth-order valence-corrected chi connectivity index (χ4v) is 4.23. The van der Waals surface area contributed by atoms with E-state index in [4.69, 9.17) is 0 Å². The molecule has 2 N–H and O–H groups in total. The van der Waals surface area contributed by atoms with Crippen molar-refractivity contribution in [3.8, 4) is 0 Å². The molecule has 1 aliphatic rings. The minimum Gasteiger partial charge on any atom is -0.352 e. The first-order chi connectivity index (χ1) is 10.9. The molecule has 1 fully saturated rings. The molecule has 1 aromatic rings. The van der Waals surface area contributed by atoms with Crippen molar-refractivity contribution in [2.45, 2.75) is 62.9 Å². The predicted molar refractivity (Wildman–Crippen MR) is 90.4 cm³/mol. The van der Waals surface area contributed by atoms with Gasteiger partial charge in [-0.1, -0.05) is 51.3 Å². The molecule has 0 unspecified atom stereocenters. The van der Waals surface area contributed by atoms with Crippen LogP contribution in [0.3, 0.4) is 0 Å². The molecule has 0 bridgehead atoms. The molecule has 1 atom stereocenters. The van der Waals surface area contributed by atoms with Gasteiger partial charge in [-0.2, -0.15) is 4.72 Å². The number of sulfonamides is 1. The largest absolute Gasteiger partial charge is 0.352 e. The van der Waals surface area contributed by atoms with Gasteiger partial charge in [0.25, 0.3) is 0 Å². The van der Waals surface area contributed by atoms with Crippen LogP contribution in [0.5, 0.6) is 0 Å². The average molecular weight is 338 g/mol. The molecule has 0 radical (unpaired) electrons. The van der Waals surface area contributed by atoms with Gasteiger partial charge in [0, 0.05) is 6.04 Å². The molecule has 23 heavy (non-hydrogen) atoms. The van der Waals surface area contributed by atoms with Crippen molar-refractivity contribution in [3.05, 3.63) is 30.3 Å². The quantitative estimate of drug-likeness (QED) is 0.836. The first-order valence-corrected chi connectivity index (χ1v) is 9.76. The normalized spacial score (nSPS) is 17.9. The van der Waals surface area contributed by atoms with E-state index in [-0.39, 0.29) is 22.8 Å². The van der Waals surface area contributed by atoms with Gasteiger partial charge < -0.3 is 5.32 Å². The molecule has 1 aromatic carbocycles. The minimum absolute atomic E-state index is 0.128. The fraction of sp³-hybridized carbons (Fsp3) is 0.588. The summed E-state index contributed by atoms with van der Waals surface area (Å²) in [5, 5.41) is 3.01. The van der Waals surface area contributed by atoms with Crippen LogP contribution in [0.2, 0.25) is 0 Å². The van der Waals surface area contributed by atoms with Crippen molar-refractivity contribution in [3.63, 3.8) is 0 Å². The van der Waals surface area contributed by atoms with Gasteiger partial charge in [-0.3, -0.25) is 4.79 Å². The van der Waals surface area contributed by atoms with E-state index in [0.29, 0.717) is 0 Å². The Bertz CT molecular complexity index is 608. The zero-order valence-electron chi connectivity index (χ0n) is 13.8. The molecule has 1 amide bonds. The van der Waals surface area contributed by atoms with Gasteiger partial charge in [-0.25, -0.2) is 8.42 Å². The summed E-state index contributed by atoms with van der Waals surface area (Å²) in [6.07, 6.45) is 5.39. The second-order valence-electron chi connectivity index (χ2n) is 6.50. The third-order valence-electron chi connectivity index (χ3n) is 4.24. The highest BCUT2D eigenvalue weighted by Gasteiger charge is 2.29. The summed E-state index contributed by atoms with van der Waals surface area (Å²) in [6.45, 7) is 3.69. The lowest BCUT2D eigenvalue weighted by Gasteiger charge is -2.27. The molecule has 0 heterocycles. The van der Waals surface area contributed by atoms with Crippen LogP contribution in [0.25, 0.3) is 0 Å². The fourth-order valence-electron chi connectivity index (χ4n) is 2.87. The van der Waals surface area contributed by atoms with Crippen LogP contribution in [-0.2, 0) is 14.8 Å². The lowest BCUT2D eigenvalue weighted by atomic mass is 9.94. The number of carbonyl (C=O) groups excluding carboxylic acids is 1. The van der Waals surface area contributed by atoms with Gasteiger partial charge in [0.15, 0.2) is 0 Å². The predicted octanol–water partition coefficient (Wildman–Crippen LogP) is 2.44. The molecule has 0 aliphatic heterocycles. The zero-order chi connectivity index (χ0) is 16.9. The number of benzene rings is 1. The van der Waals surface area contributed by atoms with E-state index < -0.39 is 16.1 Å². The Labute approximate surface area is 138 Å². The lowest BCUT2D eigenvalue weighted by molar-refractivity contribution is -0.124. The maximum Gasteiger partial charge on any atom is 0.241 e. The first kappa shape index (κ1) is 17.9. The van der Waals surface area contributed by atoms with Crippen molar-refractivity contribution in [2.75, 3.05) is 0 Å². The van der Waals surface area contributed by atoms with Gasteiger partial charge in [0.2, 0.25) is 15.9 Å². The number of hydrogen-bond acceptors (Lipinski definition) is 3. The summed E-state index contributed by atoms with van der Waals surface area (Å²) in [7, 11) is -3.70. The molecular weight excluding hydrogens is 312 g/mol. The molecule has 128 valence electrons. The monoisotopic (exact) mass is 338 g/mol. The maximum atomic E-state index is 12.5. The van der Waals surface area contributed by atoms with Crippen molar-refractivity contribution in [1.29, 1.82) is 0 Å². The number of hydrogen-bond donors (Lipinski definition) is 2. The van der Waals surface area contributed by atoms with Crippen LogP contribution in [-0.4, -0.2) is 26.4 Å². The molecule has 2 rings (SSSR count). The van der Waals surface area contributed by atoms with Crippen molar-refractivity contribution >= 4 is 15.9 Å². The topological polar surface area (TPSA) is 75.3 Å². The van der Waals surface area contributed by atoms with Crippen molar-refractivity contribution in [2.24, 2.45) is 5.92 Å². The Morgan fingerprint density at radius 1 is 1.09 bits per heavy atom. The summed E-state index contributed by atoms with van der Waals surface area (Å²) in [5.41, 5.74) is 0. The van der Waals surface area contributed by atoms with Crippen LogP contribution < -0.4 is 10.0 Å². The molecule has 5 nitrogen and oxygen atoms in total. The summed E-state index contributed by atoms with van der Waals surface area (Å²) >= 11 is 0. The third-order valence-corrected chi connectivity index (χ3v) is 5.69. The van der Waals surface area contributed by atoms with Crippen molar-refractivity contribution in [1.82, 2.24) is 10.0 Å². The molecule has 1 saturated carbocycles. The molecular formula is C17H26N2O3S. The van der Waals surface area contributed by atoms with E-state index >= 15 is 0 Å². The van der Waals surface area contributed by atoms with Gasteiger partial charge in [-0.15, -0.1) is 0 Å². The second kappa shape index (κ2) is 7.93. The molecule has 0 aromatic heterocycles. The third kappa shape index (κ3) is 5.04. The first-order valence-electron chi connectivity index (χ1n) is 8.28. The van der Waals surface area contributed by atoms with Crippen LogP contribution >= 0.6 is 0 Å². The van der Waals surface area contributed by atoms with Crippen LogP contribution in [0.15, 0.2) is 35.2 Å². The van der Waals surface area contributed by atoms with Crippen LogP contribution in [0.4, 0.5) is 0 Å². The minimum atomic E-state index is -3.70. The highest BCUT2D eigenvalue weighted by atomic mass is 32.2. The Hall–Kier alpha value is -1.40. The van der Waals surface area contributed by atoms with Gasteiger partial charge in [-0.05, 0) is 30.9 Å². The zero-order valence-corrected chi connectivity index (χ0v) is 14.6. The highest BCUT2D eigenvalue weighted by Crippen LogP contribution is 2.18. The Morgan fingerprint density at radius 3 is 2.26 bits per heavy atom. The van der Waals surface area contributed by atoms with E-state index in [2.05, 4.69) is 10.0 Å². The second-order valence-corrected chi connectivity index (χ2v) is 8.21. The molecule has 0 saturated heterocycles. The number of nitrogens with one attached hydrogen (secondary N) is 2. The Morgan fingerprint density at radius 2 is 1.70 bits per heavy atom. The van der Waals surface area contributed by atoms with E-state index in [1.54, 1.807) is 18.2 Å². The van der Waals surface area contributed by atoms with Gasteiger partial charge in [0.1, 0.15) is 6.04 Å². The summed E-state index contributed by atoms with van der Waals surface area (Å²) in [6, 6.07) is 7.55. The smallest absolute Gasteiger partial charge is 0.241 e. The Kier molecular flexibility index (Phi) is 6.18. The standard InChI is InChI=1S/C17H26N2O3S/c1-13(2)16(17(20)18-14-9-5-3-6-10-14)19-23(21,22)15-11-7-4-8-12-15/h4,7-8,11-14,16,19H,3,5-6,9-10H2,1-2H3,(H,18,20)/t16-/m0/s1. The lowest BCUT2D eigenvalue weighted by Crippen LogP contribution is -2.52. The highest BCUT2D eigenvalue weighted by molar-refractivity contribution is 7.89. The maximum absolute atomic E-state index is 12.5. The number of carbonyl (C=O) groups is 1. The molecule has 1 aliphatic carbocycles. The van der Waals surface area contributed by atoms with E-state index in [1.165, 1.54) is 18.6 Å². The van der Waals surface area contributed by atoms with E-state index in [9.17, 15) is 13.2 Å². The van der Waals surface area contributed by atoms with E-state index in [0.717, 1.165) is 25.7 Å². The SMILES string of the molecule is CC(C)[C@H](NS(=O)(=O)c1ccccc1)C(=O)NC1CCCCC1. The number of amides is 1. The molecule has 6 heteroatoms. The summed E-state index contributed by atoms with van der Waals surface area (Å²) < 4.78 is 27.5. The van der Waals surface area contributed by atoms with Gasteiger partial charge >= 0.3 is 0 Å².